The van der Waals surface area contributed by atoms with Gasteiger partial charge in [0.2, 0.25) is 0 Å². The van der Waals surface area contributed by atoms with Crippen molar-refractivity contribution in [2.45, 2.75) is 57.7 Å². The Labute approximate surface area is 248 Å². The molecule has 0 fully saturated rings. The van der Waals surface area contributed by atoms with Gasteiger partial charge in [0.25, 0.3) is 0 Å². The number of guanidine groups is 1. The van der Waals surface area contributed by atoms with Crippen LogP contribution in [-0.2, 0) is 6.42 Å². The number of aliphatic hydroxyl groups excluding tert-OH is 1. The number of aromatic amines is 1. The third-order valence-electron chi connectivity index (χ3n) is 7.21. The third kappa shape index (κ3) is 7.74. The van der Waals surface area contributed by atoms with Crippen LogP contribution in [0.25, 0.3) is 28.0 Å². The molecule has 2 aromatic carbocycles. The highest BCUT2D eigenvalue weighted by molar-refractivity contribution is 6.31. The number of aromatic nitrogens is 3. The Morgan fingerprint density at radius 3 is 2.62 bits per heavy atom. The molecule has 0 bridgehead atoms. The summed E-state index contributed by atoms with van der Waals surface area (Å²) in [5, 5.41) is 23.5. The van der Waals surface area contributed by atoms with Crippen LogP contribution in [0.15, 0.2) is 53.5 Å². The molecule has 0 amide bonds. The first-order valence-corrected chi connectivity index (χ1v) is 14.3. The number of rotatable bonds is 13. The summed E-state index contributed by atoms with van der Waals surface area (Å²) >= 11 is 6.23. The molecule has 4 aromatic rings. The van der Waals surface area contributed by atoms with Gasteiger partial charge in [0, 0.05) is 29.2 Å². The van der Waals surface area contributed by atoms with Crippen LogP contribution in [-0.4, -0.2) is 50.8 Å². The Kier molecular flexibility index (Phi) is 10.3. The van der Waals surface area contributed by atoms with Gasteiger partial charge in [0.15, 0.2) is 11.8 Å². The minimum Gasteiger partial charge on any atom is -0.394 e. The monoisotopic (exact) mass is 596 g/mol. The van der Waals surface area contributed by atoms with Crippen molar-refractivity contribution in [2.75, 3.05) is 13.2 Å². The standard InChI is InChI=1S/C30H38ClFN8O2/c1-17(33)4-3-5-19-12-24(27(32)25(31)13-19)26-14-21-15-40(30(42)39-28(21)38-26)23-8-6-20(7-9-23)18(2)36-11-10-22(16-41)37-29(34)35/h6-9,12-15,17-18,22,36,41H,3-5,10-11,16,33H2,1-2H3,(H4,34,35,37)(H,38,39,42)/t17-,18-,22-/m0/s1. The van der Waals surface area contributed by atoms with Crippen LogP contribution in [0.3, 0.4) is 0 Å². The van der Waals surface area contributed by atoms with Crippen molar-refractivity contribution in [3.05, 3.63) is 81.1 Å². The van der Waals surface area contributed by atoms with Crippen molar-refractivity contribution in [2.24, 2.45) is 11.5 Å². The van der Waals surface area contributed by atoms with E-state index in [0.717, 1.165) is 30.4 Å². The number of nitrogens with two attached hydrogens (primary N) is 2. The van der Waals surface area contributed by atoms with E-state index in [-0.39, 0.29) is 35.7 Å². The zero-order valence-corrected chi connectivity index (χ0v) is 24.5. The van der Waals surface area contributed by atoms with E-state index in [4.69, 9.17) is 28.5 Å². The molecule has 4 rings (SSSR count). The van der Waals surface area contributed by atoms with E-state index in [2.05, 4.69) is 20.6 Å². The van der Waals surface area contributed by atoms with Crippen LogP contribution in [0.5, 0.6) is 0 Å². The first kappa shape index (κ1) is 31.2. The van der Waals surface area contributed by atoms with E-state index in [9.17, 15) is 9.90 Å². The maximum absolute atomic E-state index is 15.1. The van der Waals surface area contributed by atoms with E-state index >= 15 is 4.39 Å². The average Bonchev–Trinajstić information content (AvgIpc) is 3.36. The fourth-order valence-corrected chi connectivity index (χ4v) is 5.12. The normalized spacial score (nSPS) is 13.7. The highest BCUT2D eigenvalue weighted by Gasteiger charge is 2.16. The van der Waals surface area contributed by atoms with Gasteiger partial charge in [-0.3, -0.25) is 9.98 Å². The summed E-state index contributed by atoms with van der Waals surface area (Å²) in [6, 6.07) is 12.5. The smallest absolute Gasteiger partial charge is 0.354 e. The van der Waals surface area contributed by atoms with Gasteiger partial charge in [-0.1, -0.05) is 23.7 Å². The molecule has 2 aromatic heterocycles. The largest absolute Gasteiger partial charge is 0.394 e. The number of hydrogen-bond acceptors (Lipinski definition) is 6. The van der Waals surface area contributed by atoms with Crippen LogP contribution in [0.2, 0.25) is 5.02 Å². The second-order valence-corrected chi connectivity index (χ2v) is 11.1. The number of fused-ring (bicyclic) bond motifs is 1. The van der Waals surface area contributed by atoms with E-state index in [0.29, 0.717) is 40.9 Å². The van der Waals surface area contributed by atoms with Crippen molar-refractivity contribution >= 4 is 28.6 Å². The summed E-state index contributed by atoms with van der Waals surface area (Å²) in [4.78, 5) is 20.2. The van der Waals surface area contributed by atoms with Crippen molar-refractivity contribution < 1.29 is 9.50 Å². The van der Waals surface area contributed by atoms with E-state index < -0.39 is 11.5 Å². The maximum Gasteiger partial charge on any atom is 0.354 e. The summed E-state index contributed by atoms with van der Waals surface area (Å²) in [7, 11) is 0. The molecular formula is C30H38ClFN8O2. The summed E-state index contributed by atoms with van der Waals surface area (Å²) < 4.78 is 16.5. The van der Waals surface area contributed by atoms with Crippen LogP contribution in [0.4, 0.5) is 4.39 Å². The lowest BCUT2D eigenvalue weighted by Crippen LogP contribution is -2.43. The number of hydrogen-bond donors (Lipinski definition) is 7. The van der Waals surface area contributed by atoms with E-state index in [1.807, 2.05) is 38.1 Å². The van der Waals surface area contributed by atoms with Crippen LogP contribution >= 0.6 is 11.6 Å². The predicted molar refractivity (Wildman–Crippen MR) is 166 cm³/mol. The van der Waals surface area contributed by atoms with Crippen molar-refractivity contribution in [1.29, 1.82) is 5.41 Å². The van der Waals surface area contributed by atoms with Crippen molar-refractivity contribution in [3.63, 3.8) is 0 Å². The molecule has 0 saturated heterocycles. The topological polar surface area (TPSA) is 171 Å². The van der Waals surface area contributed by atoms with Gasteiger partial charge in [-0.05, 0) is 87.5 Å². The number of nitrogens with zero attached hydrogens (tertiary/aromatic N) is 2. The second kappa shape index (κ2) is 13.9. The van der Waals surface area contributed by atoms with Gasteiger partial charge >= 0.3 is 5.69 Å². The number of aryl methyl sites for hydroxylation is 1. The van der Waals surface area contributed by atoms with Gasteiger partial charge < -0.3 is 32.2 Å². The van der Waals surface area contributed by atoms with Crippen LogP contribution < -0.4 is 27.8 Å². The molecule has 0 spiro atoms. The number of nitrogens with one attached hydrogen (secondary N) is 4. The molecule has 9 N–H and O–H groups in total. The number of aliphatic hydroxyl groups is 1. The molecular weight excluding hydrogens is 559 g/mol. The second-order valence-electron chi connectivity index (χ2n) is 10.7. The predicted octanol–water partition coefficient (Wildman–Crippen LogP) is 3.73. The molecule has 0 unspecified atom stereocenters. The van der Waals surface area contributed by atoms with Gasteiger partial charge in [0.05, 0.1) is 29.1 Å². The molecule has 0 saturated carbocycles. The lowest BCUT2D eigenvalue weighted by Gasteiger charge is -2.19. The minimum absolute atomic E-state index is 0.0106. The fraction of sp³-hybridized carbons (Fsp3) is 0.367. The first-order valence-electron chi connectivity index (χ1n) is 14.0. The fourth-order valence-electron chi connectivity index (χ4n) is 4.88. The minimum atomic E-state index is -0.533. The van der Waals surface area contributed by atoms with Gasteiger partial charge in [-0.15, -0.1) is 0 Å². The Bertz CT molecular complexity index is 1580. The zero-order valence-electron chi connectivity index (χ0n) is 23.8. The molecule has 12 heteroatoms. The molecule has 0 radical (unpaired) electrons. The summed E-state index contributed by atoms with van der Waals surface area (Å²) in [5.74, 6) is -0.708. The quantitative estimate of drug-likeness (QED) is 0.0910. The Morgan fingerprint density at radius 1 is 1.21 bits per heavy atom. The molecule has 2 heterocycles. The first-order chi connectivity index (χ1) is 20.0. The maximum atomic E-state index is 15.1. The lowest BCUT2D eigenvalue weighted by molar-refractivity contribution is 0.247. The number of halogens is 2. The number of benzene rings is 2. The third-order valence-corrected chi connectivity index (χ3v) is 7.48. The Balaban J connectivity index is 1.51. The summed E-state index contributed by atoms with van der Waals surface area (Å²) in [5.41, 5.74) is 14.5. The lowest BCUT2D eigenvalue weighted by atomic mass is 10.0. The van der Waals surface area contributed by atoms with Crippen LogP contribution in [0, 0.1) is 11.2 Å². The van der Waals surface area contributed by atoms with Crippen molar-refractivity contribution in [1.82, 2.24) is 25.2 Å². The van der Waals surface area contributed by atoms with E-state index in [1.165, 1.54) is 4.57 Å². The average molecular weight is 597 g/mol. The highest BCUT2D eigenvalue weighted by Crippen LogP contribution is 2.31. The van der Waals surface area contributed by atoms with Gasteiger partial charge in [0.1, 0.15) is 5.65 Å². The molecule has 10 nitrogen and oxygen atoms in total. The molecule has 42 heavy (non-hydrogen) atoms. The zero-order chi connectivity index (χ0) is 30.4. The summed E-state index contributed by atoms with van der Waals surface area (Å²) in [6.45, 7) is 4.45. The van der Waals surface area contributed by atoms with Crippen molar-refractivity contribution in [3.8, 4) is 16.9 Å². The Hall–Kier alpha value is -3.77. The molecule has 0 aliphatic heterocycles. The van der Waals surface area contributed by atoms with Crippen LogP contribution in [0.1, 0.15) is 50.3 Å². The summed E-state index contributed by atoms with van der Waals surface area (Å²) in [6.07, 6.45) is 4.72. The Morgan fingerprint density at radius 2 is 1.95 bits per heavy atom. The van der Waals surface area contributed by atoms with E-state index in [1.54, 1.807) is 24.4 Å². The molecule has 0 aliphatic carbocycles. The van der Waals surface area contributed by atoms with Gasteiger partial charge in [-0.2, -0.15) is 4.98 Å². The van der Waals surface area contributed by atoms with Gasteiger partial charge in [-0.25, -0.2) is 9.18 Å². The number of H-pyrrole nitrogens is 1. The molecule has 3 atom stereocenters. The SMILES string of the molecule is C[C@H](N)CCCc1cc(Cl)c(F)c(-c2cc3cn(-c4ccc([C@H](C)NCC[C@@H](CO)NC(=N)N)cc4)c(=O)nc3[nH]2)c1. The molecule has 0 aliphatic rings. The molecule has 224 valence electrons. The highest BCUT2D eigenvalue weighted by atomic mass is 35.5.